The molecule has 0 atom stereocenters. The molecule has 0 fully saturated rings. The van der Waals surface area contributed by atoms with E-state index in [0.29, 0.717) is 12.3 Å². The van der Waals surface area contributed by atoms with Crippen molar-refractivity contribution in [1.29, 1.82) is 0 Å². The van der Waals surface area contributed by atoms with E-state index in [0.717, 1.165) is 6.54 Å². The van der Waals surface area contributed by atoms with E-state index < -0.39 is 4.92 Å². The van der Waals surface area contributed by atoms with Gasteiger partial charge in [0.15, 0.2) is 0 Å². The molecule has 0 saturated heterocycles. The van der Waals surface area contributed by atoms with Crippen LogP contribution in [0.1, 0.15) is 16.9 Å². The summed E-state index contributed by atoms with van der Waals surface area (Å²) in [7, 11) is 0. The van der Waals surface area contributed by atoms with Gasteiger partial charge in [0.2, 0.25) is 0 Å². The van der Waals surface area contributed by atoms with Gasteiger partial charge in [0, 0.05) is 6.54 Å². The molecule has 2 aromatic rings. The first-order valence-electron chi connectivity index (χ1n) is 5.12. The maximum absolute atomic E-state index is 10.4. The Morgan fingerprint density at radius 1 is 1.41 bits per heavy atom. The molecule has 0 aliphatic heterocycles. The average molecular weight is 252 g/mol. The fourth-order valence-corrected chi connectivity index (χ4v) is 2.31. The van der Waals surface area contributed by atoms with Crippen LogP contribution in [0.5, 0.6) is 0 Å². The zero-order chi connectivity index (χ0) is 12.3. The van der Waals surface area contributed by atoms with Crippen LogP contribution in [0.4, 0.5) is 5.88 Å². The Labute approximate surface area is 102 Å². The number of nitrogens with zero attached hydrogens (tertiary/aromatic N) is 1. The smallest absolute Gasteiger partial charge is 0.404 e. The van der Waals surface area contributed by atoms with Gasteiger partial charge in [0.1, 0.15) is 10.7 Å². The highest BCUT2D eigenvalue weighted by Gasteiger charge is 2.11. The molecule has 1 N–H and O–H groups in total. The Morgan fingerprint density at radius 3 is 2.82 bits per heavy atom. The third kappa shape index (κ3) is 2.92. The predicted octanol–water partition coefficient (Wildman–Crippen LogP) is 2.85. The lowest BCUT2D eigenvalue weighted by molar-refractivity contribution is -0.402. The van der Waals surface area contributed by atoms with Gasteiger partial charge in [-0.2, -0.15) is 11.3 Å². The van der Waals surface area contributed by atoms with E-state index in [2.05, 4.69) is 23.0 Å². The topological polar surface area (TPSA) is 68.3 Å². The second kappa shape index (κ2) is 5.11. The van der Waals surface area contributed by atoms with E-state index in [4.69, 9.17) is 4.42 Å². The second-order valence-corrected chi connectivity index (χ2v) is 4.42. The third-order valence-electron chi connectivity index (χ3n) is 2.40. The van der Waals surface area contributed by atoms with E-state index in [-0.39, 0.29) is 5.88 Å². The number of aryl methyl sites for hydroxylation is 1. The number of thiophene rings is 1. The maximum Gasteiger partial charge on any atom is 0.433 e. The van der Waals surface area contributed by atoms with Gasteiger partial charge in [-0.3, -0.25) is 10.1 Å². The van der Waals surface area contributed by atoms with Gasteiger partial charge in [-0.15, -0.1) is 0 Å². The Morgan fingerprint density at radius 2 is 2.24 bits per heavy atom. The maximum atomic E-state index is 10.4. The zero-order valence-corrected chi connectivity index (χ0v) is 10.1. The monoisotopic (exact) mass is 252 g/mol. The van der Waals surface area contributed by atoms with E-state index in [1.165, 1.54) is 17.2 Å². The molecule has 0 unspecified atom stereocenters. The van der Waals surface area contributed by atoms with Crippen LogP contribution in [0.15, 0.2) is 27.3 Å². The van der Waals surface area contributed by atoms with Crippen molar-refractivity contribution in [2.24, 2.45) is 0 Å². The fraction of sp³-hybridized carbons (Fsp3) is 0.273. The van der Waals surface area contributed by atoms with Crippen molar-refractivity contribution in [1.82, 2.24) is 5.32 Å². The van der Waals surface area contributed by atoms with Crippen molar-refractivity contribution in [2.75, 3.05) is 0 Å². The van der Waals surface area contributed by atoms with Crippen LogP contribution < -0.4 is 5.32 Å². The van der Waals surface area contributed by atoms with Crippen LogP contribution in [0.25, 0.3) is 0 Å². The lowest BCUT2D eigenvalue weighted by Crippen LogP contribution is -2.12. The molecule has 6 heteroatoms. The summed E-state index contributed by atoms with van der Waals surface area (Å²) in [6.45, 7) is 3.29. The lowest BCUT2D eigenvalue weighted by Gasteiger charge is -2.01. The van der Waals surface area contributed by atoms with Crippen LogP contribution in [0.2, 0.25) is 0 Å². The molecule has 17 heavy (non-hydrogen) atoms. The number of hydrogen-bond donors (Lipinski definition) is 1. The van der Waals surface area contributed by atoms with E-state index in [1.54, 1.807) is 17.4 Å². The lowest BCUT2D eigenvalue weighted by atomic mass is 10.2. The van der Waals surface area contributed by atoms with Crippen LogP contribution >= 0.6 is 11.3 Å². The minimum Gasteiger partial charge on any atom is -0.404 e. The Balaban J connectivity index is 1.86. The highest BCUT2D eigenvalue weighted by atomic mass is 32.1. The molecule has 0 bridgehead atoms. The molecule has 0 saturated carbocycles. The standard InChI is InChI=1S/C11H12N2O3S/c1-8-6-17-7-9(8)4-12-5-10-2-3-11(16-10)13(14)15/h2-3,6-7,12H,4-5H2,1H3. The molecule has 0 aliphatic carbocycles. The second-order valence-electron chi connectivity index (χ2n) is 3.68. The molecule has 2 rings (SSSR count). The normalized spacial score (nSPS) is 10.6. The summed E-state index contributed by atoms with van der Waals surface area (Å²) in [6, 6.07) is 2.98. The summed E-state index contributed by atoms with van der Waals surface area (Å²) in [6.07, 6.45) is 0. The van der Waals surface area contributed by atoms with Crippen LogP contribution in [0.3, 0.4) is 0 Å². The number of rotatable bonds is 5. The Bertz CT molecular complexity index is 518. The Kier molecular flexibility index (Phi) is 3.55. The largest absolute Gasteiger partial charge is 0.433 e. The van der Waals surface area contributed by atoms with Gasteiger partial charge in [-0.25, -0.2) is 0 Å². The first kappa shape index (κ1) is 11.8. The summed E-state index contributed by atoms with van der Waals surface area (Å²) >= 11 is 1.67. The van der Waals surface area contributed by atoms with Crippen LogP contribution in [-0.4, -0.2) is 4.92 Å². The molecule has 0 aliphatic rings. The average Bonchev–Trinajstić information content (AvgIpc) is 2.89. The molecular weight excluding hydrogens is 240 g/mol. The first-order valence-corrected chi connectivity index (χ1v) is 6.06. The quantitative estimate of drug-likeness (QED) is 0.656. The van der Waals surface area contributed by atoms with Crippen LogP contribution in [-0.2, 0) is 13.1 Å². The molecule has 2 aromatic heterocycles. The molecule has 0 aromatic carbocycles. The molecule has 0 spiro atoms. The van der Waals surface area contributed by atoms with Crippen molar-refractivity contribution in [3.63, 3.8) is 0 Å². The highest BCUT2D eigenvalue weighted by Crippen LogP contribution is 2.16. The summed E-state index contributed by atoms with van der Waals surface area (Å²) < 4.78 is 5.04. The van der Waals surface area contributed by atoms with E-state index in [1.807, 2.05) is 0 Å². The first-order chi connectivity index (χ1) is 8.16. The summed E-state index contributed by atoms with van der Waals surface area (Å²) in [5.41, 5.74) is 2.50. The summed E-state index contributed by atoms with van der Waals surface area (Å²) in [4.78, 5) is 9.88. The molecule has 0 amide bonds. The molecule has 5 nitrogen and oxygen atoms in total. The predicted molar refractivity (Wildman–Crippen MR) is 65.0 cm³/mol. The molecule has 2 heterocycles. The highest BCUT2D eigenvalue weighted by molar-refractivity contribution is 7.08. The van der Waals surface area contributed by atoms with Crippen molar-refractivity contribution in [2.45, 2.75) is 20.0 Å². The van der Waals surface area contributed by atoms with Crippen LogP contribution in [0, 0.1) is 17.0 Å². The van der Waals surface area contributed by atoms with Gasteiger partial charge < -0.3 is 9.73 Å². The minimum atomic E-state index is -0.535. The van der Waals surface area contributed by atoms with E-state index >= 15 is 0 Å². The van der Waals surface area contributed by atoms with Crippen molar-refractivity contribution in [3.05, 3.63) is 49.9 Å². The SMILES string of the molecule is Cc1cscc1CNCc1ccc([N+](=O)[O-])o1. The van der Waals surface area contributed by atoms with Gasteiger partial charge >= 0.3 is 5.88 Å². The van der Waals surface area contributed by atoms with Crippen molar-refractivity contribution < 1.29 is 9.34 Å². The summed E-state index contributed by atoms with van der Waals surface area (Å²) in [5.74, 6) is 0.359. The summed E-state index contributed by atoms with van der Waals surface area (Å²) in [5, 5.41) is 17.8. The number of furan rings is 1. The third-order valence-corrected chi connectivity index (χ3v) is 3.31. The molecule has 0 radical (unpaired) electrons. The van der Waals surface area contributed by atoms with Gasteiger partial charge in [-0.1, -0.05) is 0 Å². The molecule has 90 valence electrons. The fourth-order valence-electron chi connectivity index (χ4n) is 1.45. The minimum absolute atomic E-state index is 0.214. The van der Waals surface area contributed by atoms with Gasteiger partial charge in [0.05, 0.1) is 12.6 Å². The zero-order valence-electron chi connectivity index (χ0n) is 9.30. The Hall–Kier alpha value is -1.66. The number of nitro groups is 1. The van der Waals surface area contributed by atoms with Crippen molar-refractivity contribution in [3.8, 4) is 0 Å². The molecular formula is C11H12N2O3S. The number of nitrogens with one attached hydrogen (secondary N) is 1. The van der Waals surface area contributed by atoms with Crippen molar-refractivity contribution >= 4 is 17.2 Å². The number of hydrogen-bond acceptors (Lipinski definition) is 5. The van der Waals surface area contributed by atoms with Gasteiger partial charge in [-0.05, 0) is 34.9 Å². The van der Waals surface area contributed by atoms with E-state index in [9.17, 15) is 10.1 Å². The van der Waals surface area contributed by atoms with Gasteiger partial charge in [0.25, 0.3) is 0 Å².